The zero-order valence-electron chi connectivity index (χ0n) is 7.27. The van der Waals surface area contributed by atoms with Gasteiger partial charge in [-0.2, -0.15) is 9.59 Å². The summed E-state index contributed by atoms with van der Waals surface area (Å²) >= 11 is 0. The molecule has 74 valence electrons. The van der Waals surface area contributed by atoms with Crippen molar-refractivity contribution >= 4 is 18.1 Å². The number of aliphatic carboxylic acids is 1. The third kappa shape index (κ3) is 582. The van der Waals surface area contributed by atoms with Crippen molar-refractivity contribution in [2.24, 2.45) is 0 Å². The van der Waals surface area contributed by atoms with E-state index >= 15 is 0 Å². The van der Waals surface area contributed by atoms with E-state index in [0.717, 1.165) is 13.2 Å². The van der Waals surface area contributed by atoms with Crippen molar-refractivity contribution in [2.45, 2.75) is 13.8 Å². The highest BCUT2D eigenvalue weighted by molar-refractivity contribution is 5.66. The van der Waals surface area contributed by atoms with Gasteiger partial charge in [0.2, 0.25) is 0 Å². The molecular weight excluding hydrogens is 180 g/mol. The van der Waals surface area contributed by atoms with Crippen LogP contribution in [0.5, 0.6) is 0 Å². The van der Waals surface area contributed by atoms with E-state index < -0.39 is 5.97 Å². The molecule has 0 spiro atoms. The Morgan fingerprint density at radius 1 is 1.38 bits per heavy atom. The van der Waals surface area contributed by atoms with Crippen LogP contribution in [0.1, 0.15) is 13.8 Å². The number of esters is 1. The number of hydrogen-bond acceptors (Lipinski definition) is 5. The maximum absolute atomic E-state index is 9.75. The Morgan fingerprint density at radius 2 is 1.62 bits per heavy atom. The van der Waals surface area contributed by atoms with Gasteiger partial charge in [-0.05, 0) is 0 Å². The van der Waals surface area contributed by atoms with Crippen LogP contribution >= 0.6 is 0 Å². The molecule has 0 aromatic heterocycles. The first-order valence-electron chi connectivity index (χ1n) is 2.89. The molecule has 0 atom stereocenters. The lowest BCUT2D eigenvalue weighted by Crippen LogP contribution is -1.87. The Labute approximate surface area is 74.8 Å². The Hall–Kier alpha value is -1.94. The number of carbonyl (C=O) groups is 2. The predicted octanol–water partition coefficient (Wildman–Crippen LogP) is 0.200. The summed E-state index contributed by atoms with van der Waals surface area (Å²) in [5.41, 5.74) is 0. The lowest BCUT2D eigenvalue weighted by molar-refractivity contribution is -0.191. The third-order valence-electron chi connectivity index (χ3n) is 0.249. The lowest BCUT2D eigenvalue weighted by Gasteiger charge is -1.83. The van der Waals surface area contributed by atoms with Crippen molar-refractivity contribution in [3.8, 4) is 0 Å². The minimum absolute atomic E-state index is 0.250. The molecule has 0 radical (unpaired) electrons. The average molecular weight is 190 g/mol. The SMILES string of the molecule is C=COC(C)=O.CC(=O)O.O=C=O. The van der Waals surface area contributed by atoms with E-state index in [-0.39, 0.29) is 12.1 Å². The largest absolute Gasteiger partial charge is 0.481 e. The Morgan fingerprint density at radius 3 is 1.62 bits per heavy atom. The molecule has 0 aromatic carbocycles. The number of carboxylic acid groups (broad SMARTS) is 1. The van der Waals surface area contributed by atoms with Crippen LogP contribution in [0.3, 0.4) is 0 Å². The van der Waals surface area contributed by atoms with E-state index in [1.54, 1.807) is 0 Å². The molecule has 0 rings (SSSR count). The van der Waals surface area contributed by atoms with Gasteiger partial charge >= 0.3 is 12.1 Å². The predicted molar refractivity (Wildman–Crippen MR) is 40.3 cm³/mol. The van der Waals surface area contributed by atoms with Gasteiger partial charge < -0.3 is 9.84 Å². The van der Waals surface area contributed by atoms with Crippen molar-refractivity contribution in [1.82, 2.24) is 0 Å². The number of hydrogen-bond donors (Lipinski definition) is 1. The number of carboxylic acids is 1. The second-order valence-electron chi connectivity index (χ2n) is 1.38. The van der Waals surface area contributed by atoms with Crippen LogP contribution in [0.4, 0.5) is 0 Å². The molecule has 0 bridgehead atoms. The van der Waals surface area contributed by atoms with Crippen LogP contribution in [0.25, 0.3) is 0 Å². The molecule has 0 aliphatic rings. The van der Waals surface area contributed by atoms with Crippen LogP contribution in [-0.2, 0) is 23.9 Å². The van der Waals surface area contributed by atoms with Gasteiger partial charge in [-0.15, -0.1) is 0 Å². The number of rotatable bonds is 1. The van der Waals surface area contributed by atoms with Crippen LogP contribution in [-0.4, -0.2) is 23.2 Å². The van der Waals surface area contributed by atoms with Gasteiger partial charge in [0.25, 0.3) is 5.97 Å². The van der Waals surface area contributed by atoms with Gasteiger partial charge in [0, 0.05) is 13.8 Å². The summed E-state index contributed by atoms with van der Waals surface area (Å²) < 4.78 is 4.17. The fraction of sp³-hybridized carbons (Fsp3) is 0.286. The smallest absolute Gasteiger partial charge is 0.373 e. The molecule has 0 heterocycles. The lowest BCUT2D eigenvalue weighted by atomic mass is 10.8. The zero-order valence-corrected chi connectivity index (χ0v) is 7.27. The molecule has 13 heavy (non-hydrogen) atoms. The van der Waals surface area contributed by atoms with Crippen molar-refractivity contribution in [1.29, 1.82) is 0 Å². The highest BCUT2D eigenvalue weighted by Crippen LogP contribution is 1.70. The van der Waals surface area contributed by atoms with Crippen molar-refractivity contribution in [2.75, 3.05) is 0 Å². The first-order valence-corrected chi connectivity index (χ1v) is 2.89. The molecule has 0 aliphatic carbocycles. The Kier molecular flexibility index (Phi) is 22.0. The molecule has 0 amide bonds. The standard InChI is InChI=1S/C4H6O2.C2H4O2.CO2/c1-3-6-4(2)5;1-2(3)4;2-1-3/h3H,1H2,2H3;1H3,(H,3,4);. The van der Waals surface area contributed by atoms with Crippen molar-refractivity contribution in [3.05, 3.63) is 12.8 Å². The second-order valence-corrected chi connectivity index (χ2v) is 1.38. The molecule has 6 nitrogen and oxygen atoms in total. The first-order chi connectivity index (χ1) is 5.92. The summed E-state index contributed by atoms with van der Waals surface area (Å²) in [4.78, 5) is 35.0. The third-order valence-corrected chi connectivity index (χ3v) is 0.249. The van der Waals surface area contributed by atoms with E-state index in [1.807, 2.05) is 0 Å². The summed E-state index contributed by atoms with van der Waals surface area (Å²) in [7, 11) is 0. The van der Waals surface area contributed by atoms with Gasteiger partial charge in [-0.1, -0.05) is 6.58 Å². The van der Waals surface area contributed by atoms with E-state index in [9.17, 15) is 4.79 Å². The van der Waals surface area contributed by atoms with E-state index in [1.165, 1.54) is 6.92 Å². The molecule has 6 heteroatoms. The molecule has 0 aromatic rings. The highest BCUT2D eigenvalue weighted by Gasteiger charge is 1.79. The van der Waals surface area contributed by atoms with E-state index in [0.29, 0.717) is 0 Å². The summed E-state index contributed by atoms with van der Waals surface area (Å²) in [5.74, 6) is -1.16. The topological polar surface area (TPSA) is 97.7 Å². The fourth-order valence-electron chi connectivity index (χ4n) is 0.117. The van der Waals surface area contributed by atoms with Crippen molar-refractivity contribution < 1.29 is 29.0 Å². The Bertz CT molecular complexity index is 185. The van der Waals surface area contributed by atoms with Gasteiger partial charge in [0.15, 0.2) is 0 Å². The number of ether oxygens (including phenoxy) is 1. The molecule has 1 N–H and O–H groups in total. The quantitative estimate of drug-likeness (QED) is 0.468. The molecular formula is C7H10O6. The minimum Gasteiger partial charge on any atom is -0.481 e. The van der Waals surface area contributed by atoms with Crippen molar-refractivity contribution in [3.63, 3.8) is 0 Å². The maximum atomic E-state index is 9.75. The summed E-state index contributed by atoms with van der Waals surface area (Å²) in [6, 6.07) is 0. The van der Waals surface area contributed by atoms with Crippen LogP contribution < -0.4 is 0 Å². The minimum atomic E-state index is -0.833. The van der Waals surface area contributed by atoms with Gasteiger partial charge in [-0.3, -0.25) is 9.59 Å². The van der Waals surface area contributed by atoms with Gasteiger partial charge in [0.1, 0.15) is 0 Å². The number of carbonyl (C=O) groups excluding carboxylic acids is 3. The van der Waals surface area contributed by atoms with Gasteiger partial charge in [0.05, 0.1) is 6.26 Å². The maximum Gasteiger partial charge on any atom is 0.373 e. The summed E-state index contributed by atoms with van der Waals surface area (Å²) in [6.45, 7) is 5.56. The van der Waals surface area contributed by atoms with E-state index in [2.05, 4.69) is 11.3 Å². The summed E-state index contributed by atoms with van der Waals surface area (Å²) in [6.07, 6.45) is 1.35. The molecule has 0 saturated carbocycles. The normalized spacial score (nSPS) is 5.69. The molecule has 0 saturated heterocycles. The Balaban J connectivity index is -0.000000125. The van der Waals surface area contributed by atoms with E-state index in [4.69, 9.17) is 19.5 Å². The fourth-order valence-corrected chi connectivity index (χ4v) is 0.117. The second kappa shape index (κ2) is 16.6. The average Bonchev–Trinajstić information content (AvgIpc) is 1.86. The first kappa shape index (κ1) is 17.2. The highest BCUT2D eigenvalue weighted by atomic mass is 16.5. The zero-order chi connectivity index (χ0) is 11.3. The van der Waals surface area contributed by atoms with Crippen LogP contribution in [0.15, 0.2) is 12.8 Å². The van der Waals surface area contributed by atoms with Gasteiger partial charge in [-0.25, -0.2) is 0 Å². The summed E-state index contributed by atoms with van der Waals surface area (Å²) in [5, 5.41) is 7.42. The monoisotopic (exact) mass is 190 g/mol. The van der Waals surface area contributed by atoms with Crippen LogP contribution in [0.2, 0.25) is 0 Å². The molecule has 0 aliphatic heterocycles. The molecule has 0 unspecified atom stereocenters. The van der Waals surface area contributed by atoms with Crippen LogP contribution in [0, 0.1) is 0 Å². The molecule has 0 fully saturated rings.